The Kier molecular flexibility index (Phi) is 5.75. The average molecular weight is 216 g/mol. The molecule has 0 bridgehead atoms. The van der Waals surface area contributed by atoms with Gasteiger partial charge >= 0.3 is 0 Å². The Morgan fingerprint density at radius 3 is 3.14 bits per heavy atom. The van der Waals surface area contributed by atoms with Crippen molar-refractivity contribution < 1.29 is 14.3 Å². The zero-order valence-corrected chi connectivity index (χ0v) is 9.13. The van der Waals surface area contributed by atoms with E-state index in [0.717, 1.165) is 11.5 Å². The summed E-state index contributed by atoms with van der Waals surface area (Å²) in [6.07, 6.45) is 1.28. The Bertz CT molecular complexity index is 223. The number of hydrogen-bond donors (Lipinski definition) is 1. The number of rotatable bonds is 7. The first-order valence-corrected chi connectivity index (χ1v) is 5.84. The van der Waals surface area contributed by atoms with Gasteiger partial charge in [0.05, 0.1) is 24.7 Å². The van der Waals surface area contributed by atoms with E-state index < -0.39 is 0 Å². The second-order valence-electron chi connectivity index (χ2n) is 2.91. The van der Waals surface area contributed by atoms with Gasteiger partial charge < -0.3 is 14.3 Å². The molecule has 1 rings (SSSR count). The van der Waals surface area contributed by atoms with Crippen LogP contribution in [0.3, 0.4) is 0 Å². The molecule has 1 aromatic rings. The SMILES string of the molecule is CCOCC(O)CSCc1ccco1. The molecule has 0 aliphatic rings. The van der Waals surface area contributed by atoms with Gasteiger partial charge in [-0.2, -0.15) is 11.8 Å². The molecule has 0 saturated carbocycles. The summed E-state index contributed by atoms with van der Waals surface area (Å²) in [6, 6.07) is 3.80. The molecule has 0 aromatic carbocycles. The van der Waals surface area contributed by atoms with Crippen LogP contribution in [0.2, 0.25) is 0 Å². The van der Waals surface area contributed by atoms with Gasteiger partial charge in [0.25, 0.3) is 0 Å². The van der Waals surface area contributed by atoms with Gasteiger partial charge in [-0.3, -0.25) is 0 Å². The van der Waals surface area contributed by atoms with Crippen molar-refractivity contribution >= 4 is 11.8 Å². The number of ether oxygens (including phenoxy) is 1. The topological polar surface area (TPSA) is 42.6 Å². The van der Waals surface area contributed by atoms with Crippen molar-refractivity contribution in [3.8, 4) is 0 Å². The third kappa shape index (κ3) is 4.69. The van der Waals surface area contributed by atoms with Gasteiger partial charge in [-0.1, -0.05) is 0 Å². The van der Waals surface area contributed by atoms with E-state index in [1.54, 1.807) is 18.0 Å². The van der Waals surface area contributed by atoms with Crippen molar-refractivity contribution in [3.63, 3.8) is 0 Å². The van der Waals surface area contributed by atoms with Crippen LogP contribution in [-0.4, -0.2) is 30.2 Å². The third-order valence-corrected chi connectivity index (χ3v) is 2.76. The minimum absolute atomic E-state index is 0.380. The van der Waals surface area contributed by atoms with Crippen molar-refractivity contribution in [1.29, 1.82) is 0 Å². The zero-order chi connectivity index (χ0) is 10.2. The van der Waals surface area contributed by atoms with Crippen molar-refractivity contribution in [2.75, 3.05) is 19.0 Å². The highest BCUT2D eigenvalue weighted by Crippen LogP contribution is 2.13. The maximum absolute atomic E-state index is 9.43. The van der Waals surface area contributed by atoms with Crippen LogP contribution in [-0.2, 0) is 10.5 Å². The summed E-state index contributed by atoms with van der Waals surface area (Å²) < 4.78 is 10.3. The standard InChI is InChI=1S/C10H16O3S/c1-2-12-6-9(11)7-14-8-10-4-3-5-13-10/h3-5,9,11H,2,6-8H2,1H3. The fraction of sp³-hybridized carbons (Fsp3) is 0.600. The van der Waals surface area contributed by atoms with Crippen molar-refractivity contribution in [3.05, 3.63) is 24.2 Å². The molecule has 0 aliphatic heterocycles. The Morgan fingerprint density at radius 1 is 1.64 bits per heavy atom. The largest absolute Gasteiger partial charge is 0.468 e. The van der Waals surface area contributed by atoms with Gasteiger partial charge in [-0.15, -0.1) is 0 Å². The predicted molar refractivity (Wildman–Crippen MR) is 57.4 cm³/mol. The average Bonchev–Trinajstić information content (AvgIpc) is 2.67. The summed E-state index contributed by atoms with van der Waals surface area (Å²) >= 11 is 1.65. The second-order valence-corrected chi connectivity index (χ2v) is 3.94. The molecule has 0 amide bonds. The normalized spacial score (nSPS) is 13.0. The minimum atomic E-state index is -0.380. The summed E-state index contributed by atoms with van der Waals surface area (Å²) in [6.45, 7) is 2.99. The maximum Gasteiger partial charge on any atom is 0.113 e. The molecule has 80 valence electrons. The van der Waals surface area contributed by atoms with Gasteiger partial charge in [-0.05, 0) is 19.1 Å². The Morgan fingerprint density at radius 2 is 2.50 bits per heavy atom. The monoisotopic (exact) mass is 216 g/mol. The highest BCUT2D eigenvalue weighted by Gasteiger charge is 2.04. The van der Waals surface area contributed by atoms with Crippen molar-refractivity contribution in [2.24, 2.45) is 0 Å². The van der Waals surface area contributed by atoms with Crippen LogP contribution in [0, 0.1) is 0 Å². The van der Waals surface area contributed by atoms with E-state index in [4.69, 9.17) is 9.15 Å². The first-order chi connectivity index (χ1) is 6.83. The van der Waals surface area contributed by atoms with Gasteiger partial charge in [0.15, 0.2) is 0 Å². The smallest absolute Gasteiger partial charge is 0.113 e. The molecule has 0 aliphatic carbocycles. The van der Waals surface area contributed by atoms with E-state index in [1.807, 2.05) is 19.1 Å². The molecule has 14 heavy (non-hydrogen) atoms. The highest BCUT2D eigenvalue weighted by atomic mass is 32.2. The number of aliphatic hydroxyl groups is 1. The van der Waals surface area contributed by atoms with E-state index in [2.05, 4.69) is 0 Å². The van der Waals surface area contributed by atoms with E-state index in [-0.39, 0.29) is 6.10 Å². The Hall–Kier alpha value is -0.450. The lowest BCUT2D eigenvalue weighted by atomic mass is 10.4. The van der Waals surface area contributed by atoms with E-state index in [9.17, 15) is 5.11 Å². The Balaban J connectivity index is 2.03. The molecule has 0 spiro atoms. The Labute approximate surface area is 88.4 Å². The van der Waals surface area contributed by atoms with Crippen LogP contribution in [0.25, 0.3) is 0 Å². The number of hydrogen-bond acceptors (Lipinski definition) is 4. The summed E-state index contributed by atoms with van der Waals surface area (Å²) in [4.78, 5) is 0. The summed E-state index contributed by atoms with van der Waals surface area (Å²) in [5.74, 6) is 2.43. The lowest BCUT2D eigenvalue weighted by Crippen LogP contribution is -2.17. The van der Waals surface area contributed by atoms with Crippen LogP contribution in [0.15, 0.2) is 22.8 Å². The number of thioether (sulfide) groups is 1. The molecule has 4 heteroatoms. The lowest BCUT2D eigenvalue weighted by molar-refractivity contribution is 0.0551. The van der Waals surface area contributed by atoms with Crippen LogP contribution >= 0.6 is 11.8 Å². The summed E-state index contributed by atoms with van der Waals surface area (Å²) in [5.41, 5.74) is 0. The van der Waals surface area contributed by atoms with E-state index in [0.29, 0.717) is 19.0 Å². The molecule has 3 nitrogen and oxygen atoms in total. The molecular formula is C10H16O3S. The molecule has 1 unspecified atom stereocenters. The van der Waals surface area contributed by atoms with Crippen LogP contribution in [0.5, 0.6) is 0 Å². The van der Waals surface area contributed by atoms with Gasteiger partial charge in [-0.25, -0.2) is 0 Å². The molecular weight excluding hydrogens is 200 g/mol. The lowest BCUT2D eigenvalue weighted by Gasteiger charge is -2.08. The zero-order valence-electron chi connectivity index (χ0n) is 8.31. The first-order valence-electron chi connectivity index (χ1n) is 4.69. The third-order valence-electron chi connectivity index (χ3n) is 1.65. The summed E-state index contributed by atoms with van der Waals surface area (Å²) in [7, 11) is 0. The molecule has 0 fully saturated rings. The minimum Gasteiger partial charge on any atom is -0.468 e. The molecule has 1 heterocycles. The van der Waals surface area contributed by atoms with Gasteiger partial charge in [0.1, 0.15) is 5.76 Å². The number of furan rings is 1. The fourth-order valence-electron chi connectivity index (χ4n) is 0.992. The molecule has 0 radical (unpaired) electrons. The fourth-order valence-corrected chi connectivity index (χ4v) is 1.84. The van der Waals surface area contributed by atoms with E-state index in [1.165, 1.54) is 0 Å². The summed E-state index contributed by atoms with van der Waals surface area (Å²) in [5, 5.41) is 9.43. The van der Waals surface area contributed by atoms with Crippen LogP contribution in [0.4, 0.5) is 0 Å². The molecule has 1 aromatic heterocycles. The number of aliphatic hydroxyl groups excluding tert-OH is 1. The van der Waals surface area contributed by atoms with Crippen LogP contribution in [0.1, 0.15) is 12.7 Å². The van der Waals surface area contributed by atoms with E-state index >= 15 is 0 Å². The predicted octanol–water partition coefficient (Wildman–Crippen LogP) is 1.91. The van der Waals surface area contributed by atoms with Crippen molar-refractivity contribution in [1.82, 2.24) is 0 Å². The van der Waals surface area contributed by atoms with Crippen molar-refractivity contribution in [2.45, 2.75) is 18.8 Å². The van der Waals surface area contributed by atoms with Gasteiger partial charge in [0, 0.05) is 12.4 Å². The first kappa shape index (κ1) is 11.6. The highest BCUT2D eigenvalue weighted by molar-refractivity contribution is 7.98. The maximum atomic E-state index is 9.43. The molecule has 1 atom stereocenters. The molecule has 0 saturated heterocycles. The van der Waals surface area contributed by atoms with Crippen LogP contribution < -0.4 is 0 Å². The second kappa shape index (κ2) is 6.92. The molecule has 1 N–H and O–H groups in total. The quantitative estimate of drug-likeness (QED) is 0.756. The van der Waals surface area contributed by atoms with Gasteiger partial charge in [0.2, 0.25) is 0 Å².